The molecule has 1 N–H and O–H groups in total. The van der Waals surface area contributed by atoms with Crippen molar-refractivity contribution >= 4 is 89.8 Å². The monoisotopic (exact) mass is 730 g/mol. The molecule has 3 aromatic carbocycles. The summed E-state index contributed by atoms with van der Waals surface area (Å²) in [6.07, 6.45) is 1.29. The van der Waals surface area contributed by atoms with Crippen LogP contribution < -0.4 is 19.1 Å². The fourth-order valence-corrected chi connectivity index (χ4v) is 5.66. The second kappa shape index (κ2) is 11.4. The van der Waals surface area contributed by atoms with Crippen LogP contribution in [0.15, 0.2) is 75.6 Å². The lowest BCUT2D eigenvalue weighted by Crippen LogP contribution is -2.54. The second-order valence-electron chi connectivity index (χ2n) is 7.69. The zero-order valence-corrected chi connectivity index (χ0v) is 24.7. The molecule has 0 aliphatic carbocycles. The van der Waals surface area contributed by atoms with Gasteiger partial charge in [0.1, 0.15) is 10.5 Å². The quantitative estimate of drug-likeness (QED) is 0.147. The van der Waals surface area contributed by atoms with Crippen molar-refractivity contribution in [2.75, 3.05) is 11.5 Å². The third-order valence-electron chi connectivity index (χ3n) is 5.12. The van der Waals surface area contributed by atoms with Crippen LogP contribution in [0.1, 0.15) is 12.5 Å². The number of amides is 4. The first-order valence-electron chi connectivity index (χ1n) is 10.8. The van der Waals surface area contributed by atoms with Gasteiger partial charge in [-0.1, -0.05) is 27.5 Å². The molecule has 0 aromatic heterocycles. The van der Waals surface area contributed by atoms with E-state index in [1.165, 1.54) is 42.5 Å². The van der Waals surface area contributed by atoms with Gasteiger partial charge in [0.2, 0.25) is 0 Å². The van der Waals surface area contributed by atoms with E-state index in [1.807, 2.05) is 22.6 Å². The molecule has 4 rings (SSSR count). The summed E-state index contributed by atoms with van der Waals surface area (Å²) in [6, 6.07) is 14.0. The van der Waals surface area contributed by atoms with Crippen LogP contribution in [-0.4, -0.2) is 32.9 Å². The molecule has 1 saturated heterocycles. The predicted octanol–water partition coefficient (Wildman–Crippen LogP) is 5.54. The molecule has 0 spiro atoms. The maximum atomic E-state index is 13.2. The van der Waals surface area contributed by atoms with Gasteiger partial charge in [0.25, 0.3) is 11.8 Å². The minimum Gasteiger partial charge on any atom is -0.490 e. The summed E-state index contributed by atoms with van der Waals surface area (Å²) in [6.45, 7) is 1.88. The number of halogens is 3. The smallest absolute Gasteiger partial charge is 0.339 e. The van der Waals surface area contributed by atoms with Gasteiger partial charge in [-0.2, -0.15) is 8.42 Å². The van der Waals surface area contributed by atoms with Gasteiger partial charge in [0.05, 0.1) is 15.9 Å². The topological polar surface area (TPSA) is 119 Å². The molecule has 4 amide bonds. The number of ether oxygens (including phenoxy) is 1. The fourth-order valence-electron chi connectivity index (χ4n) is 3.42. The Labute approximate surface area is 245 Å². The van der Waals surface area contributed by atoms with E-state index < -0.39 is 28.0 Å². The first-order valence-corrected chi connectivity index (χ1v) is 14.5. The van der Waals surface area contributed by atoms with Gasteiger partial charge in [-0.15, -0.1) is 0 Å². The lowest BCUT2D eigenvalue weighted by atomic mass is 10.1. The van der Waals surface area contributed by atoms with Crippen LogP contribution in [-0.2, 0) is 19.7 Å². The maximum absolute atomic E-state index is 13.2. The number of benzene rings is 3. The van der Waals surface area contributed by atoms with Crippen LogP contribution in [0.3, 0.4) is 0 Å². The minimum atomic E-state index is -4.22. The van der Waals surface area contributed by atoms with Crippen molar-refractivity contribution in [1.82, 2.24) is 5.32 Å². The second-order valence-corrected chi connectivity index (χ2v) is 11.7. The van der Waals surface area contributed by atoms with Crippen molar-refractivity contribution in [2.24, 2.45) is 0 Å². The number of hydrogen-bond acceptors (Lipinski definition) is 7. The molecule has 1 aliphatic heterocycles. The minimum absolute atomic E-state index is 0.0596. The zero-order chi connectivity index (χ0) is 27.6. The molecule has 9 nitrogen and oxygen atoms in total. The number of imide groups is 2. The molecule has 0 radical (unpaired) electrons. The van der Waals surface area contributed by atoms with Crippen LogP contribution in [0.25, 0.3) is 6.08 Å². The summed E-state index contributed by atoms with van der Waals surface area (Å²) in [5.41, 5.74) is 0.320. The Morgan fingerprint density at radius 1 is 1.05 bits per heavy atom. The third-order valence-corrected chi connectivity index (χ3v) is 7.94. The molecule has 13 heteroatoms. The number of carbonyl (C=O) groups excluding carboxylic acids is 3. The summed E-state index contributed by atoms with van der Waals surface area (Å²) in [4.78, 5) is 38.9. The van der Waals surface area contributed by atoms with Crippen molar-refractivity contribution in [3.8, 4) is 11.5 Å². The lowest BCUT2D eigenvalue weighted by Gasteiger charge is -2.26. The first kappa shape index (κ1) is 28.1. The molecule has 0 bridgehead atoms. The van der Waals surface area contributed by atoms with Crippen LogP contribution in [0, 0.1) is 3.57 Å². The van der Waals surface area contributed by atoms with Gasteiger partial charge in [-0.05, 0) is 102 Å². The summed E-state index contributed by atoms with van der Waals surface area (Å²) < 4.78 is 37.8. The Morgan fingerprint density at radius 3 is 2.34 bits per heavy atom. The number of rotatable bonds is 7. The third kappa shape index (κ3) is 6.03. The molecule has 0 unspecified atom stereocenters. The highest BCUT2D eigenvalue weighted by Crippen LogP contribution is 2.37. The fraction of sp³-hybridized carbons (Fsp3) is 0.0800. The van der Waals surface area contributed by atoms with E-state index in [0.29, 0.717) is 14.2 Å². The molecule has 0 saturated carbocycles. The van der Waals surface area contributed by atoms with Crippen LogP contribution >= 0.6 is 50.1 Å². The molecule has 38 heavy (non-hydrogen) atoms. The molecule has 3 aromatic rings. The number of hydrogen-bond donors (Lipinski definition) is 1. The molecular weight excluding hydrogens is 715 g/mol. The number of carbonyl (C=O) groups is 3. The van der Waals surface area contributed by atoms with Gasteiger partial charge in [0, 0.05) is 9.50 Å². The van der Waals surface area contributed by atoms with Gasteiger partial charge >= 0.3 is 16.1 Å². The highest BCUT2D eigenvalue weighted by molar-refractivity contribution is 14.1. The first-order chi connectivity index (χ1) is 18.0. The van der Waals surface area contributed by atoms with E-state index in [0.717, 1.165) is 9.37 Å². The van der Waals surface area contributed by atoms with E-state index in [4.69, 9.17) is 20.5 Å². The van der Waals surface area contributed by atoms with Crippen molar-refractivity contribution in [3.63, 3.8) is 0 Å². The Hall–Kier alpha value is -2.94. The standard InChI is InChI=1S/C25H17BrClIN2O7S/c1-2-36-21-13-14(12-20(28)22(21)37-38(34,35)18-9-5-16(27)6-10-18)11-19-23(31)29-25(33)30(24(19)32)17-7-3-15(26)4-8-17/h3-13H,2H2,1H3,(H,29,31,33)/b19-11+. The van der Waals surface area contributed by atoms with Crippen molar-refractivity contribution < 1.29 is 31.7 Å². The van der Waals surface area contributed by atoms with Crippen molar-refractivity contribution in [3.05, 3.63) is 84.9 Å². The van der Waals surface area contributed by atoms with Crippen LogP contribution in [0.4, 0.5) is 10.5 Å². The average molecular weight is 732 g/mol. The Morgan fingerprint density at radius 2 is 1.71 bits per heavy atom. The number of nitrogens with zero attached hydrogens (tertiary/aromatic N) is 1. The summed E-state index contributed by atoms with van der Waals surface area (Å²) in [7, 11) is -4.22. The number of anilines is 1. The summed E-state index contributed by atoms with van der Waals surface area (Å²) in [5.74, 6) is -1.67. The van der Waals surface area contributed by atoms with E-state index in [9.17, 15) is 22.8 Å². The highest BCUT2D eigenvalue weighted by Gasteiger charge is 2.37. The largest absolute Gasteiger partial charge is 0.490 e. The maximum Gasteiger partial charge on any atom is 0.339 e. The normalized spacial score (nSPS) is 15.0. The lowest BCUT2D eigenvalue weighted by molar-refractivity contribution is -0.122. The van der Waals surface area contributed by atoms with Crippen LogP contribution in [0.5, 0.6) is 11.5 Å². The van der Waals surface area contributed by atoms with E-state index in [2.05, 4.69) is 21.2 Å². The van der Waals surface area contributed by atoms with E-state index >= 15 is 0 Å². The summed E-state index contributed by atoms with van der Waals surface area (Å²) >= 11 is 11.0. The van der Waals surface area contributed by atoms with E-state index in [1.54, 1.807) is 31.2 Å². The number of nitrogens with one attached hydrogen (secondary N) is 1. The Bertz CT molecular complexity index is 1580. The average Bonchev–Trinajstić information content (AvgIpc) is 2.85. The molecule has 1 fully saturated rings. The van der Waals surface area contributed by atoms with Crippen molar-refractivity contribution in [1.29, 1.82) is 0 Å². The Kier molecular flexibility index (Phi) is 8.45. The highest BCUT2D eigenvalue weighted by atomic mass is 127. The SMILES string of the molecule is CCOc1cc(/C=C2\C(=O)NC(=O)N(c3ccc(Br)cc3)C2=O)cc(I)c1OS(=O)(=O)c1ccc(Cl)cc1. The zero-order valence-electron chi connectivity index (χ0n) is 19.4. The van der Waals surface area contributed by atoms with Crippen molar-refractivity contribution in [2.45, 2.75) is 11.8 Å². The van der Waals surface area contributed by atoms with E-state index in [-0.39, 0.29) is 34.3 Å². The van der Waals surface area contributed by atoms with Gasteiger partial charge in [-0.3, -0.25) is 14.9 Å². The molecule has 0 atom stereocenters. The summed E-state index contributed by atoms with van der Waals surface area (Å²) in [5, 5.41) is 2.53. The van der Waals surface area contributed by atoms with Gasteiger partial charge in [0.15, 0.2) is 11.5 Å². The van der Waals surface area contributed by atoms with Crippen LogP contribution in [0.2, 0.25) is 5.02 Å². The molecular formula is C25H17BrClIN2O7S. The number of barbiturate groups is 1. The number of urea groups is 1. The Balaban J connectivity index is 1.72. The molecule has 196 valence electrons. The predicted molar refractivity (Wildman–Crippen MR) is 153 cm³/mol. The molecule has 1 aliphatic rings. The van der Waals surface area contributed by atoms with Gasteiger partial charge in [-0.25, -0.2) is 9.69 Å². The molecule has 1 heterocycles. The van der Waals surface area contributed by atoms with Gasteiger partial charge < -0.3 is 8.92 Å².